The van der Waals surface area contributed by atoms with Crippen LogP contribution in [0.25, 0.3) is 0 Å². The lowest BCUT2D eigenvalue weighted by Gasteiger charge is -2.34. The minimum atomic E-state index is -0.652. The predicted octanol–water partition coefficient (Wildman–Crippen LogP) is 1.37. The van der Waals surface area contributed by atoms with Crippen molar-refractivity contribution >= 4 is 35.0 Å². The first-order valence-electron chi connectivity index (χ1n) is 6.52. The Bertz CT molecular complexity index is 553. The molecule has 0 spiro atoms. The van der Waals surface area contributed by atoms with Gasteiger partial charge in [0.25, 0.3) is 5.91 Å². The van der Waals surface area contributed by atoms with E-state index in [1.54, 1.807) is 0 Å². The average Bonchev–Trinajstić information content (AvgIpc) is 2.49. The zero-order chi connectivity index (χ0) is 15.4. The van der Waals surface area contributed by atoms with Crippen LogP contribution in [0.5, 0.6) is 0 Å². The first-order chi connectivity index (χ1) is 10.0. The molecule has 1 atom stereocenters. The predicted molar refractivity (Wildman–Crippen MR) is 78.6 cm³/mol. The quantitative estimate of drug-likeness (QED) is 0.849. The van der Waals surface area contributed by atoms with Gasteiger partial charge in [-0.1, -0.05) is 23.2 Å². The van der Waals surface area contributed by atoms with Crippen molar-refractivity contribution in [1.29, 1.82) is 0 Å². The van der Waals surface area contributed by atoms with E-state index in [1.807, 2.05) is 6.92 Å². The summed E-state index contributed by atoms with van der Waals surface area (Å²) in [6.45, 7) is 3.20. The second-order valence-corrected chi connectivity index (χ2v) is 5.25. The third-order valence-electron chi connectivity index (χ3n) is 3.09. The molecule has 2 amide bonds. The van der Waals surface area contributed by atoms with Gasteiger partial charge in [0.15, 0.2) is 0 Å². The number of morpholine rings is 1. The van der Waals surface area contributed by atoms with Crippen molar-refractivity contribution in [3.8, 4) is 0 Å². The van der Waals surface area contributed by atoms with Gasteiger partial charge in [0.05, 0.1) is 23.8 Å². The topological polar surface area (TPSA) is 71.5 Å². The largest absolute Gasteiger partial charge is 0.377 e. The van der Waals surface area contributed by atoms with E-state index in [2.05, 4.69) is 10.3 Å². The molecule has 1 unspecified atom stereocenters. The van der Waals surface area contributed by atoms with Gasteiger partial charge in [-0.15, -0.1) is 0 Å². The molecule has 0 aliphatic carbocycles. The molecule has 2 rings (SSSR count). The summed E-state index contributed by atoms with van der Waals surface area (Å²) in [6, 6.07) is 0.796. The smallest absolute Gasteiger partial charge is 0.256 e. The Labute approximate surface area is 132 Å². The molecule has 21 heavy (non-hydrogen) atoms. The van der Waals surface area contributed by atoms with Crippen LogP contribution in [-0.2, 0) is 9.53 Å². The minimum Gasteiger partial charge on any atom is -0.377 e. The number of amides is 2. The Morgan fingerprint density at radius 3 is 2.95 bits per heavy atom. The molecule has 1 aliphatic rings. The fourth-order valence-corrected chi connectivity index (χ4v) is 2.33. The summed E-state index contributed by atoms with van der Waals surface area (Å²) in [5.74, 6) is -0.556. The van der Waals surface area contributed by atoms with E-state index in [9.17, 15) is 9.59 Å². The zero-order valence-corrected chi connectivity index (χ0v) is 12.9. The molecule has 8 heteroatoms. The molecule has 0 radical (unpaired) electrons. The molecule has 1 N–H and O–H groups in total. The second-order valence-electron chi connectivity index (χ2n) is 4.48. The number of carbonyl (C=O) groups excluding carboxylic acids is 2. The van der Waals surface area contributed by atoms with E-state index >= 15 is 0 Å². The number of nitrogens with one attached hydrogen (secondary N) is 1. The van der Waals surface area contributed by atoms with Gasteiger partial charge in [-0.2, -0.15) is 0 Å². The number of hydrogen-bond donors (Lipinski definition) is 1. The normalized spacial score (nSPS) is 18.4. The molecule has 2 heterocycles. The fourth-order valence-electron chi connectivity index (χ4n) is 2.06. The highest BCUT2D eigenvalue weighted by Crippen LogP contribution is 2.21. The Kier molecular flexibility index (Phi) is 5.39. The van der Waals surface area contributed by atoms with Crippen LogP contribution in [0.2, 0.25) is 10.2 Å². The van der Waals surface area contributed by atoms with Crippen molar-refractivity contribution < 1.29 is 14.3 Å². The maximum Gasteiger partial charge on any atom is 0.256 e. The third kappa shape index (κ3) is 3.64. The molecule has 1 aromatic heterocycles. The van der Waals surface area contributed by atoms with Gasteiger partial charge in [0.1, 0.15) is 11.2 Å². The molecule has 1 aliphatic heterocycles. The Hall–Kier alpha value is -1.37. The SMILES string of the molecule is CCNC(=O)C1COCCN1C(=O)c1cnc(Cl)c(Cl)c1. The molecule has 0 bridgehead atoms. The molecule has 0 saturated carbocycles. The Morgan fingerprint density at radius 2 is 2.29 bits per heavy atom. The van der Waals surface area contributed by atoms with Crippen molar-refractivity contribution in [2.24, 2.45) is 0 Å². The Morgan fingerprint density at radius 1 is 1.52 bits per heavy atom. The number of likely N-dealkylation sites (N-methyl/N-ethyl adjacent to an activating group) is 1. The zero-order valence-electron chi connectivity index (χ0n) is 11.4. The number of nitrogens with zero attached hydrogens (tertiary/aromatic N) is 2. The van der Waals surface area contributed by atoms with Gasteiger partial charge in [-0.05, 0) is 13.0 Å². The van der Waals surface area contributed by atoms with Gasteiger partial charge in [0, 0.05) is 19.3 Å². The molecular formula is C13H15Cl2N3O3. The highest BCUT2D eigenvalue weighted by molar-refractivity contribution is 6.41. The standard InChI is InChI=1S/C13H15Cl2N3O3/c1-2-16-12(19)10-7-21-4-3-18(10)13(20)8-5-9(14)11(15)17-6-8/h5-6,10H,2-4,7H2,1H3,(H,16,19). The molecule has 6 nitrogen and oxygen atoms in total. The first-order valence-corrected chi connectivity index (χ1v) is 7.27. The van der Waals surface area contributed by atoms with E-state index in [0.29, 0.717) is 25.3 Å². The fraction of sp³-hybridized carbons (Fsp3) is 0.462. The number of carbonyl (C=O) groups is 2. The van der Waals surface area contributed by atoms with E-state index in [4.69, 9.17) is 27.9 Å². The van der Waals surface area contributed by atoms with Crippen molar-refractivity contribution in [3.05, 3.63) is 28.0 Å². The minimum absolute atomic E-state index is 0.135. The summed E-state index contributed by atoms with van der Waals surface area (Å²) >= 11 is 11.6. The number of hydrogen-bond acceptors (Lipinski definition) is 4. The van der Waals surface area contributed by atoms with Crippen molar-refractivity contribution in [1.82, 2.24) is 15.2 Å². The van der Waals surface area contributed by atoms with Crippen LogP contribution in [-0.4, -0.2) is 54.0 Å². The van der Waals surface area contributed by atoms with Crippen LogP contribution in [0, 0.1) is 0 Å². The summed E-state index contributed by atoms with van der Waals surface area (Å²) in [5.41, 5.74) is 0.292. The highest BCUT2D eigenvalue weighted by Gasteiger charge is 2.33. The number of rotatable bonds is 3. The van der Waals surface area contributed by atoms with Gasteiger partial charge in [-0.25, -0.2) is 4.98 Å². The number of ether oxygens (including phenoxy) is 1. The van der Waals surface area contributed by atoms with Crippen LogP contribution in [0.3, 0.4) is 0 Å². The maximum absolute atomic E-state index is 12.5. The third-order valence-corrected chi connectivity index (χ3v) is 3.77. The summed E-state index contributed by atoms with van der Waals surface area (Å²) < 4.78 is 5.29. The second kappa shape index (κ2) is 7.06. The van der Waals surface area contributed by atoms with E-state index in [0.717, 1.165) is 0 Å². The lowest BCUT2D eigenvalue weighted by atomic mass is 10.1. The number of pyridine rings is 1. The molecule has 114 valence electrons. The van der Waals surface area contributed by atoms with Crippen LogP contribution in [0.1, 0.15) is 17.3 Å². The van der Waals surface area contributed by atoms with Crippen LogP contribution in [0.15, 0.2) is 12.3 Å². The lowest BCUT2D eigenvalue weighted by molar-refractivity contribution is -0.130. The Balaban J connectivity index is 2.21. The molecule has 1 fully saturated rings. The summed E-state index contributed by atoms with van der Waals surface area (Å²) in [5, 5.41) is 3.03. The van der Waals surface area contributed by atoms with Gasteiger partial charge in [0.2, 0.25) is 5.91 Å². The summed E-state index contributed by atoms with van der Waals surface area (Å²) in [6.07, 6.45) is 1.35. The van der Waals surface area contributed by atoms with Crippen LogP contribution in [0.4, 0.5) is 0 Å². The van der Waals surface area contributed by atoms with E-state index in [1.165, 1.54) is 17.2 Å². The van der Waals surface area contributed by atoms with Crippen molar-refractivity contribution in [2.75, 3.05) is 26.3 Å². The van der Waals surface area contributed by atoms with Gasteiger partial charge >= 0.3 is 0 Å². The number of aromatic nitrogens is 1. The van der Waals surface area contributed by atoms with Crippen LogP contribution >= 0.6 is 23.2 Å². The van der Waals surface area contributed by atoms with Crippen molar-refractivity contribution in [3.63, 3.8) is 0 Å². The first kappa shape index (κ1) is 16.0. The molecule has 1 aromatic rings. The van der Waals surface area contributed by atoms with Gasteiger partial charge < -0.3 is 15.0 Å². The highest BCUT2D eigenvalue weighted by atomic mass is 35.5. The van der Waals surface area contributed by atoms with Crippen LogP contribution < -0.4 is 5.32 Å². The van der Waals surface area contributed by atoms with Gasteiger partial charge in [-0.3, -0.25) is 9.59 Å². The summed E-state index contributed by atoms with van der Waals surface area (Å²) in [7, 11) is 0. The average molecular weight is 332 g/mol. The molecule has 0 aromatic carbocycles. The molecular weight excluding hydrogens is 317 g/mol. The summed E-state index contributed by atoms with van der Waals surface area (Å²) in [4.78, 5) is 29.9. The van der Waals surface area contributed by atoms with Crippen molar-refractivity contribution in [2.45, 2.75) is 13.0 Å². The molecule has 1 saturated heterocycles. The number of halogens is 2. The lowest BCUT2D eigenvalue weighted by Crippen LogP contribution is -2.55. The monoisotopic (exact) mass is 331 g/mol. The van der Waals surface area contributed by atoms with E-state index in [-0.39, 0.29) is 28.6 Å². The maximum atomic E-state index is 12.5. The van der Waals surface area contributed by atoms with E-state index < -0.39 is 6.04 Å².